The number of benzene rings is 1. The highest BCUT2D eigenvalue weighted by molar-refractivity contribution is 5.73. The lowest BCUT2D eigenvalue weighted by molar-refractivity contribution is 0.558. The largest absolute Gasteiger partial charge is 0.336 e. The molecule has 0 aliphatic rings. The molecule has 2 heterocycles. The van der Waals surface area contributed by atoms with E-state index in [4.69, 9.17) is 0 Å². The van der Waals surface area contributed by atoms with Crippen LogP contribution in [0, 0.1) is 23.5 Å². The first-order valence-corrected chi connectivity index (χ1v) is 8.20. The van der Waals surface area contributed by atoms with Crippen LogP contribution >= 0.6 is 0 Å². The van der Waals surface area contributed by atoms with Crippen LogP contribution in [-0.4, -0.2) is 18.9 Å². The van der Waals surface area contributed by atoms with E-state index >= 15 is 0 Å². The Morgan fingerprint density at radius 2 is 1.86 bits per heavy atom. The van der Waals surface area contributed by atoms with Crippen LogP contribution in [0.5, 0.6) is 0 Å². The third kappa shape index (κ3) is 3.07. The van der Waals surface area contributed by atoms with E-state index in [1.807, 2.05) is 0 Å². The normalized spacial score (nSPS) is 11.4. The molecule has 6 nitrogen and oxygen atoms in total. The van der Waals surface area contributed by atoms with Crippen molar-refractivity contribution in [2.75, 3.05) is 0 Å². The van der Waals surface area contributed by atoms with E-state index in [0.717, 1.165) is 16.7 Å². The van der Waals surface area contributed by atoms with Crippen molar-refractivity contribution in [2.45, 2.75) is 6.92 Å². The summed E-state index contributed by atoms with van der Waals surface area (Å²) >= 11 is 0. The number of rotatable bonds is 2. The molecule has 1 aromatic carbocycles. The second-order valence-electron chi connectivity index (χ2n) is 6.11. The standard InChI is InChI=1S/C20H16F2N4O2/c1-5-6-12(2)7-8-13-9-14(21)17(15(22)10-13)26-19(27)18-16(11-23-25(18)4)24(3)20(26)28/h5-6,9-11H,1H2,2-4H3/b12-6+. The number of hydrogen-bond donors (Lipinski definition) is 0. The molecule has 8 heteroatoms. The first-order valence-electron chi connectivity index (χ1n) is 8.20. The van der Waals surface area contributed by atoms with E-state index in [0.29, 0.717) is 10.1 Å². The summed E-state index contributed by atoms with van der Waals surface area (Å²) < 4.78 is 32.3. The highest BCUT2D eigenvalue weighted by Gasteiger charge is 2.21. The Hall–Kier alpha value is -3.73. The van der Waals surface area contributed by atoms with Crippen molar-refractivity contribution in [3.05, 3.63) is 80.7 Å². The zero-order valence-electron chi connectivity index (χ0n) is 15.5. The maximum atomic E-state index is 14.7. The number of allylic oxidation sites excluding steroid dienone is 3. The minimum absolute atomic E-state index is 0.0509. The molecule has 3 aromatic rings. The highest BCUT2D eigenvalue weighted by atomic mass is 19.1. The summed E-state index contributed by atoms with van der Waals surface area (Å²) in [6.07, 6.45) is 4.54. The van der Waals surface area contributed by atoms with Gasteiger partial charge in [0.1, 0.15) is 5.69 Å². The summed E-state index contributed by atoms with van der Waals surface area (Å²) in [6.45, 7) is 5.27. The summed E-state index contributed by atoms with van der Waals surface area (Å²) in [6, 6.07) is 1.96. The first-order chi connectivity index (χ1) is 13.3. The number of aromatic nitrogens is 4. The van der Waals surface area contributed by atoms with Crippen LogP contribution < -0.4 is 11.2 Å². The number of halogens is 2. The van der Waals surface area contributed by atoms with Crippen LogP contribution in [-0.2, 0) is 14.1 Å². The second-order valence-corrected chi connectivity index (χ2v) is 6.11. The smallest absolute Gasteiger partial charge is 0.293 e. The van der Waals surface area contributed by atoms with Crippen molar-refractivity contribution in [3.63, 3.8) is 0 Å². The molecule has 0 unspecified atom stereocenters. The van der Waals surface area contributed by atoms with E-state index in [1.165, 1.54) is 25.0 Å². The lowest BCUT2D eigenvalue weighted by Crippen LogP contribution is -2.39. The van der Waals surface area contributed by atoms with Gasteiger partial charge in [-0.05, 0) is 24.6 Å². The zero-order chi connectivity index (χ0) is 20.6. The predicted octanol–water partition coefficient (Wildman–Crippen LogP) is 2.18. The van der Waals surface area contributed by atoms with Crippen LogP contribution in [0.4, 0.5) is 8.78 Å². The van der Waals surface area contributed by atoms with Gasteiger partial charge in [-0.15, -0.1) is 0 Å². The molecular formula is C20H16F2N4O2. The van der Waals surface area contributed by atoms with Crippen LogP contribution in [0.3, 0.4) is 0 Å². The maximum absolute atomic E-state index is 14.7. The zero-order valence-corrected chi connectivity index (χ0v) is 15.5. The summed E-state index contributed by atoms with van der Waals surface area (Å²) in [4.78, 5) is 25.4. The molecule has 0 amide bonds. The fraction of sp³-hybridized carbons (Fsp3) is 0.150. The van der Waals surface area contributed by atoms with Gasteiger partial charge in [0.25, 0.3) is 5.56 Å². The summed E-state index contributed by atoms with van der Waals surface area (Å²) in [5.74, 6) is 3.22. The van der Waals surface area contributed by atoms with E-state index in [9.17, 15) is 18.4 Å². The molecule has 3 rings (SSSR count). The number of nitrogens with zero attached hydrogens (tertiary/aromatic N) is 4. The van der Waals surface area contributed by atoms with E-state index in [2.05, 4.69) is 23.5 Å². The molecule has 0 atom stereocenters. The average molecular weight is 382 g/mol. The Labute approximate surface area is 158 Å². The molecule has 0 bridgehead atoms. The predicted molar refractivity (Wildman–Crippen MR) is 102 cm³/mol. The Balaban J connectivity index is 2.28. The molecule has 0 saturated carbocycles. The van der Waals surface area contributed by atoms with Crippen molar-refractivity contribution in [3.8, 4) is 17.5 Å². The van der Waals surface area contributed by atoms with E-state index < -0.39 is 28.6 Å². The van der Waals surface area contributed by atoms with Gasteiger partial charge in [0.15, 0.2) is 17.2 Å². The van der Waals surface area contributed by atoms with Gasteiger partial charge in [0, 0.05) is 19.7 Å². The lowest BCUT2D eigenvalue weighted by Gasteiger charge is -2.11. The van der Waals surface area contributed by atoms with Crippen LogP contribution in [0.2, 0.25) is 0 Å². The molecule has 0 N–H and O–H groups in total. The molecule has 2 aromatic heterocycles. The van der Waals surface area contributed by atoms with Gasteiger partial charge >= 0.3 is 5.69 Å². The Morgan fingerprint density at radius 3 is 2.46 bits per heavy atom. The molecule has 28 heavy (non-hydrogen) atoms. The molecule has 0 fully saturated rings. The Kier molecular flexibility index (Phi) is 4.84. The SMILES string of the molecule is C=C/C=C(\C)C#Cc1cc(F)c(-n2c(=O)c3c(cnn3C)n(C)c2=O)c(F)c1. The lowest BCUT2D eigenvalue weighted by atomic mass is 10.1. The fourth-order valence-corrected chi connectivity index (χ4v) is 2.80. The molecule has 0 aliphatic heterocycles. The van der Waals surface area contributed by atoms with Gasteiger partial charge in [-0.2, -0.15) is 5.10 Å². The van der Waals surface area contributed by atoms with Gasteiger partial charge in [-0.25, -0.2) is 18.1 Å². The highest BCUT2D eigenvalue weighted by Crippen LogP contribution is 2.18. The van der Waals surface area contributed by atoms with Crippen LogP contribution in [0.15, 0.2) is 52.2 Å². The minimum atomic E-state index is -1.07. The van der Waals surface area contributed by atoms with Gasteiger partial charge in [-0.3, -0.25) is 14.0 Å². The van der Waals surface area contributed by atoms with E-state index in [1.54, 1.807) is 19.1 Å². The Bertz CT molecular complexity index is 1310. The summed E-state index contributed by atoms with van der Waals surface area (Å²) in [5, 5.41) is 3.93. The topological polar surface area (TPSA) is 61.8 Å². The monoisotopic (exact) mass is 382 g/mol. The van der Waals surface area contributed by atoms with Gasteiger partial charge in [0.05, 0.1) is 11.7 Å². The summed E-state index contributed by atoms with van der Waals surface area (Å²) in [5.41, 5.74) is -1.45. The van der Waals surface area contributed by atoms with Crippen molar-refractivity contribution < 1.29 is 8.78 Å². The van der Waals surface area contributed by atoms with Gasteiger partial charge < -0.3 is 0 Å². The average Bonchev–Trinajstić information content (AvgIpc) is 3.02. The molecular weight excluding hydrogens is 366 g/mol. The van der Waals surface area contributed by atoms with Crippen molar-refractivity contribution in [1.82, 2.24) is 18.9 Å². The number of hydrogen-bond acceptors (Lipinski definition) is 3. The third-order valence-electron chi connectivity index (χ3n) is 4.18. The second kappa shape index (κ2) is 7.12. The first kappa shape index (κ1) is 19.0. The molecule has 0 radical (unpaired) electrons. The van der Waals surface area contributed by atoms with Gasteiger partial charge in [-0.1, -0.05) is 30.6 Å². The molecule has 0 aliphatic carbocycles. The molecule has 0 spiro atoms. The third-order valence-corrected chi connectivity index (χ3v) is 4.18. The van der Waals surface area contributed by atoms with E-state index in [-0.39, 0.29) is 16.6 Å². The minimum Gasteiger partial charge on any atom is -0.293 e. The van der Waals surface area contributed by atoms with Crippen LogP contribution in [0.1, 0.15) is 12.5 Å². The number of aryl methyl sites for hydroxylation is 2. The molecule has 142 valence electrons. The van der Waals surface area contributed by atoms with Crippen molar-refractivity contribution in [2.24, 2.45) is 14.1 Å². The van der Waals surface area contributed by atoms with Crippen molar-refractivity contribution >= 4 is 11.0 Å². The van der Waals surface area contributed by atoms with Crippen molar-refractivity contribution in [1.29, 1.82) is 0 Å². The fourth-order valence-electron chi connectivity index (χ4n) is 2.80. The van der Waals surface area contributed by atoms with Gasteiger partial charge in [0.2, 0.25) is 0 Å². The molecule has 0 saturated heterocycles. The maximum Gasteiger partial charge on any atom is 0.336 e. The Morgan fingerprint density at radius 1 is 1.21 bits per heavy atom. The number of fused-ring (bicyclic) bond motifs is 1. The van der Waals surface area contributed by atoms with Crippen LogP contribution in [0.25, 0.3) is 16.7 Å². The summed E-state index contributed by atoms with van der Waals surface area (Å²) in [7, 11) is 2.90. The quantitative estimate of drug-likeness (QED) is 0.504.